The molecule has 2 aromatic rings. The lowest BCUT2D eigenvalue weighted by Crippen LogP contribution is -2.47. The Bertz CT molecular complexity index is 708. The number of hydrogen-bond donors (Lipinski definition) is 1. The minimum absolute atomic E-state index is 0.0159. The molecule has 0 radical (unpaired) electrons. The number of nitrogens with one attached hydrogen (secondary N) is 1. The number of furan rings is 1. The van der Waals surface area contributed by atoms with Crippen LogP contribution >= 0.6 is 15.9 Å². The van der Waals surface area contributed by atoms with Gasteiger partial charge in [-0.05, 0) is 53.0 Å². The lowest BCUT2D eigenvalue weighted by Gasteiger charge is -2.31. The number of likely N-dealkylation sites (tertiary alicyclic amines) is 1. The molecule has 126 valence electrons. The number of nitrogens with zero attached hydrogens (tertiary/aromatic N) is 1. The van der Waals surface area contributed by atoms with E-state index >= 15 is 0 Å². The van der Waals surface area contributed by atoms with Crippen molar-refractivity contribution in [3.05, 3.63) is 52.9 Å². The second-order valence-corrected chi connectivity index (χ2v) is 6.30. The monoisotopic (exact) mass is 392 g/mol. The molecule has 0 atom stereocenters. The van der Waals surface area contributed by atoms with Crippen molar-refractivity contribution in [2.45, 2.75) is 18.9 Å². The Hall–Kier alpha value is -2.28. The summed E-state index contributed by atoms with van der Waals surface area (Å²) in [4.78, 5) is 25.8. The maximum Gasteiger partial charge on any atom is 0.415 e. The summed E-state index contributed by atoms with van der Waals surface area (Å²) in [6.45, 7) is 1.08. The SMILES string of the molecule is O=C(NC1CCN(C(=O)Oc2ccccc2)CC1)c1ccc(Br)o1. The predicted octanol–water partition coefficient (Wildman–Crippen LogP) is 3.44. The quantitative estimate of drug-likeness (QED) is 0.868. The Labute approximate surface area is 147 Å². The number of hydrogen-bond acceptors (Lipinski definition) is 4. The van der Waals surface area contributed by atoms with Crippen LogP contribution in [-0.2, 0) is 0 Å². The van der Waals surface area contributed by atoms with Crippen LogP contribution in [0.1, 0.15) is 23.4 Å². The minimum atomic E-state index is -0.360. The summed E-state index contributed by atoms with van der Waals surface area (Å²) in [7, 11) is 0. The van der Waals surface area contributed by atoms with Gasteiger partial charge in [0.1, 0.15) is 5.75 Å². The first-order chi connectivity index (χ1) is 11.6. The fourth-order valence-electron chi connectivity index (χ4n) is 2.55. The summed E-state index contributed by atoms with van der Waals surface area (Å²) in [6.07, 6.45) is 0.996. The number of ether oxygens (including phenoxy) is 1. The zero-order chi connectivity index (χ0) is 16.9. The van der Waals surface area contributed by atoms with Gasteiger partial charge in [0.05, 0.1) is 0 Å². The average molecular weight is 393 g/mol. The Kier molecular flexibility index (Phi) is 5.20. The van der Waals surface area contributed by atoms with Gasteiger partial charge in [0, 0.05) is 19.1 Å². The largest absolute Gasteiger partial charge is 0.444 e. The first-order valence-electron chi connectivity index (χ1n) is 7.70. The predicted molar refractivity (Wildman–Crippen MR) is 90.9 cm³/mol. The van der Waals surface area contributed by atoms with Crippen molar-refractivity contribution in [2.75, 3.05) is 13.1 Å². The van der Waals surface area contributed by atoms with E-state index in [9.17, 15) is 9.59 Å². The number of carbonyl (C=O) groups excluding carboxylic acids is 2. The second-order valence-electron chi connectivity index (χ2n) is 5.52. The fourth-order valence-corrected chi connectivity index (χ4v) is 2.86. The third-order valence-electron chi connectivity index (χ3n) is 3.83. The molecule has 1 N–H and O–H groups in total. The molecule has 0 unspecified atom stereocenters. The van der Waals surface area contributed by atoms with E-state index in [0.717, 1.165) is 0 Å². The van der Waals surface area contributed by atoms with Crippen LogP contribution in [0.25, 0.3) is 0 Å². The summed E-state index contributed by atoms with van der Waals surface area (Å²) < 4.78 is 11.1. The van der Waals surface area contributed by atoms with Gasteiger partial charge in [-0.3, -0.25) is 4.79 Å². The molecule has 1 aliphatic heterocycles. The Morgan fingerprint density at radius 1 is 1.12 bits per heavy atom. The van der Waals surface area contributed by atoms with Crippen LogP contribution in [-0.4, -0.2) is 36.0 Å². The molecule has 24 heavy (non-hydrogen) atoms. The molecule has 0 bridgehead atoms. The molecule has 0 aliphatic carbocycles. The van der Waals surface area contributed by atoms with Crippen molar-refractivity contribution < 1.29 is 18.7 Å². The molecule has 3 rings (SSSR count). The maximum absolute atomic E-state index is 12.1. The molecule has 2 amide bonds. The lowest BCUT2D eigenvalue weighted by molar-refractivity contribution is 0.0881. The number of amides is 2. The molecule has 1 aromatic carbocycles. The van der Waals surface area contributed by atoms with Crippen LogP contribution in [0.5, 0.6) is 5.75 Å². The fraction of sp³-hybridized carbons (Fsp3) is 0.294. The Balaban J connectivity index is 1.47. The van der Waals surface area contributed by atoms with Gasteiger partial charge in [-0.15, -0.1) is 0 Å². The van der Waals surface area contributed by atoms with E-state index in [-0.39, 0.29) is 23.8 Å². The Morgan fingerprint density at radius 2 is 1.83 bits per heavy atom. The molecule has 7 heteroatoms. The molecule has 0 spiro atoms. The number of rotatable bonds is 3. The van der Waals surface area contributed by atoms with Gasteiger partial charge in [0.25, 0.3) is 5.91 Å². The molecule has 2 heterocycles. The highest BCUT2D eigenvalue weighted by atomic mass is 79.9. The Morgan fingerprint density at radius 3 is 2.46 bits per heavy atom. The highest BCUT2D eigenvalue weighted by Crippen LogP contribution is 2.17. The maximum atomic E-state index is 12.1. The van der Waals surface area contributed by atoms with Gasteiger partial charge in [0.15, 0.2) is 10.4 Å². The molecule has 1 aromatic heterocycles. The van der Waals surface area contributed by atoms with E-state index in [2.05, 4.69) is 21.2 Å². The first-order valence-corrected chi connectivity index (χ1v) is 8.49. The van der Waals surface area contributed by atoms with Crippen LogP contribution in [0.4, 0.5) is 4.79 Å². The number of carbonyl (C=O) groups is 2. The van der Waals surface area contributed by atoms with Crippen molar-refractivity contribution in [3.63, 3.8) is 0 Å². The van der Waals surface area contributed by atoms with Gasteiger partial charge in [-0.2, -0.15) is 0 Å². The normalized spacial score (nSPS) is 15.1. The zero-order valence-electron chi connectivity index (χ0n) is 12.9. The van der Waals surface area contributed by atoms with E-state index < -0.39 is 0 Å². The number of piperidine rings is 1. The van der Waals surface area contributed by atoms with Crippen molar-refractivity contribution >= 4 is 27.9 Å². The molecular weight excluding hydrogens is 376 g/mol. The van der Waals surface area contributed by atoms with E-state index in [0.29, 0.717) is 36.4 Å². The van der Waals surface area contributed by atoms with Gasteiger partial charge >= 0.3 is 6.09 Å². The second kappa shape index (κ2) is 7.53. The van der Waals surface area contributed by atoms with E-state index in [4.69, 9.17) is 9.15 Å². The summed E-state index contributed by atoms with van der Waals surface area (Å²) in [5.74, 6) is 0.556. The van der Waals surface area contributed by atoms with Crippen LogP contribution in [0.2, 0.25) is 0 Å². The molecule has 0 saturated carbocycles. The van der Waals surface area contributed by atoms with Gasteiger partial charge < -0.3 is 19.4 Å². The van der Waals surface area contributed by atoms with E-state index in [1.807, 2.05) is 18.2 Å². The summed E-state index contributed by atoms with van der Waals surface area (Å²) in [5, 5.41) is 2.93. The van der Waals surface area contributed by atoms with Crippen LogP contribution in [0, 0.1) is 0 Å². The zero-order valence-corrected chi connectivity index (χ0v) is 14.5. The van der Waals surface area contributed by atoms with Crippen molar-refractivity contribution in [1.82, 2.24) is 10.2 Å². The molecule has 6 nitrogen and oxygen atoms in total. The summed E-state index contributed by atoms with van der Waals surface area (Å²) in [5.41, 5.74) is 0. The van der Waals surface area contributed by atoms with Gasteiger partial charge in [-0.1, -0.05) is 18.2 Å². The highest BCUT2D eigenvalue weighted by molar-refractivity contribution is 9.10. The first kappa shape index (κ1) is 16.6. The topological polar surface area (TPSA) is 71.8 Å². The van der Waals surface area contributed by atoms with Crippen molar-refractivity contribution in [1.29, 1.82) is 0 Å². The molecule has 1 aliphatic rings. The number of para-hydroxylation sites is 1. The average Bonchev–Trinajstić information content (AvgIpc) is 3.03. The van der Waals surface area contributed by atoms with Crippen LogP contribution in [0.15, 0.2) is 51.6 Å². The number of halogens is 1. The molecule has 1 fully saturated rings. The standard InChI is InChI=1S/C17H17BrN2O4/c18-15-7-6-14(24-15)16(21)19-12-8-10-20(11-9-12)17(22)23-13-4-2-1-3-5-13/h1-7,12H,8-11H2,(H,19,21). The molecule has 1 saturated heterocycles. The van der Waals surface area contributed by atoms with Gasteiger partial charge in [-0.25, -0.2) is 4.79 Å². The lowest BCUT2D eigenvalue weighted by atomic mass is 10.1. The van der Waals surface area contributed by atoms with Crippen LogP contribution < -0.4 is 10.1 Å². The minimum Gasteiger partial charge on any atom is -0.444 e. The van der Waals surface area contributed by atoms with Gasteiger partial charge in [0.2, 0.25) is 0 Å². The van der Waals surface area contributed by atoms with Crippen molar-refractivity contribution in [3.8, 4) is 5.75 Å². The van der Waals surface area contributed by atoms with E-state index in [1.165, 1.54) is 0 Å². The third kappa shape index (κ3) is 4.17. The summed E-state index contributed by atoms with van der Waals surface area (Å²) in [6, 6.07) is 12.3. The highest BCUT2D eigenvalue weighted by Gasteiger charge is 2.26. The third-order valence-corrected chi connectivity index (χ3v) is 4.26. The van der Waals surface area contributed by atoms with Crippen molar-refractivity contribution in [2.24, 2.45) is 0 Å². The van der Waals surface area contributed by atoms with Crippen LogP contribution in [0.3, 0.4) is 0 Å². The smallest absolute Gasteiger partial charge is 0.415 e. The number of benzene rings is 1. The summed E-state index contributed by atoms with van der Waals surface area (Å²) >= 11 is 3.17. The molecular formula is C17H17BrN2O4. The van der Waals surface area contributed by atoms with E-state index in [1.54, 1.807) is 29.2 Å².